The second kappa shape index (κ2) is 23.5. The number of nitrogens with one attached hydrogen (secondary N) is 3. The molecule has 10 unspecified atom stereocenters. The van der Waals surface area contributed by atoms with Crippen LogP contribution in [0.4, 0.5) is 0 Å². The summed E-state index contributed by atoms with van der Waals surface area (Å²) in [6, 6.07) is 12.9. The number of carbonyl (C=O) groups excluding carboxylic acids is 2. The Morgan fingerprint density at radius 1 is 0.957 bits per heavy atom. The van der Waals surface area contributed by atoms with E-state index in [1.54, 1.807) is 0 Å². The Bertz CT molecular complexity index is 2270. The maximum Gasteiger partial charge on any atom is 0.243 e. The number of benzene rings is 2. The number of β-amino-alcohol motifs (C(OH)–C–C–N with tert-alkyl or cyclic N) is 1. The summed E-state index contributed by atoms with van der Waals surface area (Å²) >= 11 is 0. The molecule has 2 aromatic carbocycles. The van der Waals surface area contributed by atoms with Crippen LogP contribution in [-0.2, 0) is 28.9 Å². The number of rotatable bonds is 10. The Balaban J connectivity index is 1.22. The first kappa shape index (κ1) is 52.8. The van der Waals surface area contributed by atoms with Crippen molar-refractivity contribution in [2.24, 2.45) is 28.9 Å². The molecular weight excluding hydrogens is 865 g/mol. The summed E-state index contributed by atoms with van der Waals surface area (Å²) in [5.74, 6) is -0.698. The molecule has 7 rings (SSSR count). The fourth-order valence-electron chi connectivity index (χ4n) is 12.8. The van der Waals surface area contributed by atoms with Gasteiger partial charge >= 0.3 is 0 Å². The van der Waals surface area contributed by atoms with E-state index in [4.69, 9.17) is 5.73 Å². The molecule has 11 nitrogen and oxygen atoms in total. The van der Waals surface area contributed by atoms with Gasteiger partial charge in [0.15, 0.2) is 5.78 Å². The summed E-state index contributed by atoms with van der Waals surface area (Å²) in [5.41, 5.74) is 12.4. The number of nitrogens with two attached hydrogens (primary N) is 1. The molecule has 0 aromatic heterocycles. The van der Waals surface area contributed by atoms with Crippen LogP contribution in [0.15, 0.2) is 101 Å². The molecule has 2 aromatic rings. The van der Waals surface area contributed by atoms with Gasteiger partial charge in [0.25, 0.3) is 0 Å². The first-order valence-electron chi connectivity index (χ1n) is 26.0. The normalized spacial score (nSPS) is 31.5. The summed E-state index contributed by atoms with van der Waals surface area (Å²) in [6.45, 7) is 13.2. The van der Waals surface area contributed by atoms with E-state index in [-0.39, 0.29) is 37.3 Å². The lowest BCUT2D eigenvalue weighted by Crippen LogP contribution is -2.59. The van der Waals surface area contributed by atoms with Crippen molar-refractivity contribution in [2.75, 3.05) is 19.7 Å². The van der Waals surface area contributed by atoms with Gasteiger partial charge in [-0.15, -0.1) is 0 Å². The number of amides is 1. The molecule has 2 bridgehead atoms. The monoisotopic (exact) mass is 947 g/mol. The third kappa shape index (κ3) is 12.2. The number of aryl methyl sites for hydroxylation is 1. The van der Waals surface area contributed by atoms with Gasteiger partial charge in [-0.2, -0.15) is 0 Å². The number of ketones is 1. The van der Waals surface area contributed by atoms with Crippen molar-refractivity contribution in [3.05, 3.63) is 129 Å². The van der Waals surface area contributed by atoms with Gasteiger partial charge in [0, 0.05) is 30.3 Å². The molecule has 11 heteroatoms. The molecule has 1 spiro atoms. The molecule has 0 saturated heterocycles. The SMILES string of the molecule is C=C(C=CC=C(CO)C1CCC2(C3CCC(O)Cc4cccc(c4)CCC(O)CNC4C(=O)NC(N)c5cccc(c54)CC(=O)C(C)=C3CCC2(C)O)C1O)C(CC=C(C)C)NCC1CCCCC1. The van der Waals surface area contributed by atoms with Crippen molar-refractivity contribution in [3.8, 4) is 0 Å². The van der Waals surface area contributed by atoms with Crippen molar-refractivity contribution < 1.29 is 35.1 Å². The lowest BCUT2D eigenvalue weighted by atomic mass is 9.52. The van der Waals surface area contributed by atoms with Gasteiger partial charge in [0.1, 0.15) is 12.2 Å². The predicted molar refractivity (Wildman–Crippen MR) is 274 cm³/mol. The van der Waals surface area contributed by atoms with E-state index in [2.05, 4.69) is 48.5 Å². The highest BCUT2D eigenvalue weighted by Gasteiger charge is 2.64. The zero-order valence-corrected chi connectivity index (χ0v) is 41.8. The molecule has 0 radical (unpaired) electrons. The fraction of sp³-hybridized carbons (Fsp3) is 0.586. The Kier molecular flexibility index (Phi) is 17.9. The topological polar surface area (TPSA) is 197 Å². The summed E-state index contributed by atoms with van der Waals surface area (Å²) < 4.78 is 0. The van der Waals surface area contributed by atoms with Crippen LogP contribution >= 0.6 is 0 Å². The van der Waals surface area contributed by atoms with Crippen LogP contribution in [0.2, 0.25) is 0 Å². The maximum absolute atomic E-state index is 14.8. The summed E-state index contributed by atoms with van der Waals surface area (Å²) in [7, 11) is 0. The van der Waals surface area contributed by atoms with E-state index in [1.807, 2.05) is 68.5 Å². The molecule has 69 heavy (non-hydrogen) atoms. The van der Waals surface area contributed by atoms with Crippen LogP contribution in [0.1, 0.15) is 151 Å². The Morgan fingerprint density at radius 3 is 2.46 bits per heavy atom. The zero-order chi connectivity index (χ0) is 49.5. The fourth-order valence-corrected chi connectivity index (χ4v) is 12.8. The van der Waals surface area contributed by atoms with Crippen molar-refractivity contribution in [2.45, 2.75) is 173 Å². The van der Waals surface area contributed by atoms with Crippen molar-refractivity contribution in [1.82, 2.24) is 16.0 Å². The summed E-state index contributed by atoms with van der Waals surface area (Å²) in [4.78, 5) is 28.4. The average Bonchev–Trinajstić information content (AvgIpc) is 3.67. The van der Waals surface area contributed by atoms with Crippen LogP contribution < -0.4 is 21.7 Å². The van der Waals surface area contributed by atoms with Gasteiger partial charge in [0.2, 0.25) is 5.91 Å². The third-order valence-corrected chi connectivity index (χ3v) is 16.8. The molecule has 2 heterocycles. The Labute approximate surface area is 411 Å². The van der Waals surface area contributed by atoms with Gasteiger partial charge in [-0.1, -0.05) is 104 Å². The molecule has 10 N–H and O–H groups in total. The largest absolute Gasteiger partial charge is 0.393 e. The predicted octanol–water partition coefficient (Wildman–Crippen LogP) is 7.37. The van der Waals surface area contributed by atoms with E-state index in [1.165, 1.54) is 37.7 Å². The van der Waals surface area contributed by atoms with Gasteiger partial charge < -0.3 is 41.9 Å². The smallest absolute Gasteiger partial charge is 0.243 e. The van der Waals surface area contributed by atoms with E-state index in [9.17, 15) is 35.1 Å². The highest BCUT2D eigenvalue weighted by Crippen LogP contribution is 2.63. The van der Waals surface area contributed by atoms with E-state index in [0.29, 0.717) is 91.5 Å². The lowest BCUT2D eigenvalue weighted by Gasteiger charge is -2.56. The molecular formula is C58H82N4O7. The minimum Gasteiger partial charge on any atom is -0.393 e. The minimum absolute atomic E-state index is 0.00186. The number of allylic oxidation sites excluding steroid dienone is 5. The Morgan fingerprint density at radius 2 is 1.71 bits per heavy atom. The van der Waals surface area contributed by atoms with Crippen LogP contribution in [0.5, 0.6) is 0 Å². The lowest BCUT2D eigenvalue weighted by molar-refractivity contribution is -0.168. The number of Topliss-reactive ketones (excluding diaryl/α,β-unsaturated/α-hetero) is 1. The second-order valence-corrected chi connectivity index (χ2v) is 21.7. The zero-order valence-electron chi connectivity index (χ0n) is 41.8. The average molecular weight is 947 g/mol. The molecule has 10 atom stereocenters. The first-order valence-corrected chi connectivity index (χ1v) is 26.0. The standard InChI is InChI=1S/C58H82N4O7/c1-36(2)20-25-50(60-33-40-13-7-6-8-14-40)37(3)12-9-18-43(35-63)47-27-29-58(54(47)67)49-24-23-44(64)31-41-16-10-15-39(30-41)21-22-45(65)34-61-53-52-42(17-11-19-48(52)55(59)62-56(53)68)32-51(66)38(4)46(49)26-28-57(58,5)69/h9-12,15-20,30,40,44-45,47,49-50,53-55,60-61,63-65,67,69H,3,6-8,13-14,21-29,31-35,59H2,1-2,4-5H3,(H,62,68). The van der Waals surface area contributed by atoms with Crippen molar-refractivity contribution >= 4 is 11.7 Å². The minimum atomic E-state index is -1.33. The molecule has 5 aliphatic rings. The molecule has 3 aliphatic carbocycles. The highest BCUT2D eigenvalue weighted by molar-refractivity contribution is 5.98. The van der Waals surface area contributed by atoms with Gasteiger partial charge in [-0.25, -0.2) is 0 Å². The first-order chi connectivity index (χ1) is 33.0. The van der Waals surface area contributed by atoms with Crippen LogP contribution in [0.25, 0.3) is 0 Å². The van der Waals surface area contributed by atoms with Crippen LogP contribution in [0.3, 0.4) is 0 Å². The van der Waals surface area contributed by atoms with Crippen molar-refractivity contribution in [3.63, 3.8) is 0 Å². The van der Waals surface area contributed by atoms with Crippen LogP contribution in [0, 0.1) is 23.2 Å². The molecule has 2 aliphatic heterocycles. The number of hydrogen-bond acceptors (Lipinski definition) is 10. The number of hydrogen-bond donors (Lipinski definition) is 9. The summed E-state index contributed by atoms with van der Waals surface area (Å²) in [5, 5.41) is 69.3. The van der Waals surface area contributed by atoms with E-state index >= 15 is 0 Å². The van der Waals surface area contributed by atoms with Gasteiger partial charge in [-0.3, -0.25) is 14.9 Å². The molecule has 376 valence electrons. The van der Waals surface area contributed by atoms with E-state index in [0.717, 1.165) is 35.2 Å². The number of aliphatic hydroxyl groups is 5. The van der Waals surface area contributed by atoms with Crippen molar-refractivity contribution in [1.29, 1.82) is 0 Å². The summed E-state index contributed by atoms with van der Waals surface area (Å²) in [6.07, 6.45) is 16.0. The van der Waals surface area contributed by atoms with Gasteiger partial charge in [0.05, 0.1) is 30.5 Å². The Hall–Kier alpha value is -4.04. The third-order valence-electron chi connectivity index (χ3n) is 16.8. The molecule has 3 fully saturated rings. The second-order valence-electron chi connectivity index (χ2n) is 21.7. The van der Waals surface area contributed by atoms with Gasteiger partial charge in [-0.05, 0) is 168 Å². The molecule has 3 saturated carbocycles. The number of aliphatic hydroxyl groups excluding tert-OH is 4. The molecule has 1 amide bonds. The number of fused-ring (bicyclic) bond motifs is 4. The highest BCUT2D eigenvalue weighted by atomic mass is 16.3. The van der Waals surface area contributed by atoms with E-state index < -0.39 is 53.4 Å². The number of carbonyl (C=O) groups is 2. The van der Waals surface area contributed by atoms with Crippen LogP contribution in [-0.4, -0.2) is 86.9 Å². The maximum atomic E-state index is 14.8. The quantitative estimate of drug-likeness (QED) is 0.0857.